The second-order valence-corrected chi connectivity index (χ2v) is 8.24. The Labute approximate surface area is 197 Å². The van der Waals surface area contributed by atoms with Gasteiger partial charge in [0.25, 0.3) is 0 Å². The van der Waals surface area contributed by atoms with Gasteiger partial charge in [0.2, 0.25) is 5.91 Å². The van der Waals surface area contributed by atoms with Crippen LogP contribution in [0.4, 0.5) is 5.82 Å². The number of H-pyrrole nitrogens is 1. The van der Waals surface area contributed by atoms with E-state index >= 15 is 0 Å². The van der Waals surface area contributed by atoms with Crippen LogP contribution in [-0.2, 0) is 20.9 Å². The molecule has 1 amide bonds. The van der Waals surface area contributed by atoms with E-state index in [1.807, 2.05) is 68.6 Å². The summed E-state index contributed by atoms with van der Waals surface area (Å²) in [6.07, 6.45) is 5.12. The molecule has 1 atom stereocenters. The van der Waals surface area contributed by atoms with E-state index in [0.717, 1.165) is 21.9 Å². The Kier molecular flexibility index (Phi) is 6.87. The minimum atomic E-state index is -0.565. The lowest BCUT2D eigenvalue weighted by Crippen LogP contribution is -2.36. The molecule has 3 N–H and O–H groups in total. The summed E-state index contributed by atoms with van der Waals surface area (Å²) >= 11 is 0. The van der Waals surface area contributed by atoms with Gasteiger partial charge in [-0.3, -0.25) is 4.79 Å². The van der Waals surface area contributed by atoms with E-state index in [0.29, 0.717) is 17.2 Å². The van der Waals surface area contributed by atoms with Crippen LogP contribution in [0.1, 0.15) is 25.2 Å². The van der Waals surface area contributed by atoms with Gasteiger partial charge in [0.1, 0.15) is 11.9 Å². The number of carbonyl (C=O) groups excluding carboxylic acids is 2. The van der Waals surface area contributed by atoms with Crippen molar-refractivity contribution in [2.75, 3.05) is 12.4 Å². The van der Waals surface area contributed by atoms with E-state index < -0.39 is 6.04 Å². The molecule has 8 heteroatoms. The molecule has 174 valence electrons. The number of fused-ring (bicyclic) bond motifs is 2. The number of nitrogens with zero attached hydrogens (tertiary/aromatic N) is 2. The van der Waals surface area contributed by atoms with Crippen molar-refractivity contribution in [1.29, 1.82) is 0 Å². The van der Waals surface area contributed by atoms with Gasteiger partial charge in [-0.05, 0) is 35.8 Å². The van der Waals surface area contributed by atoms with E-state index in [4.69, 9.17) is 4.74 Å². The first-order valence-corrected chi connectivity index (χ1v) is 11.1. The van der Waals surface area contributed by atoms with Crippen molar-refractivity contribution in [1.82, 2.24) is 20.3 Å². The van der Waals surface area contributed by atoms with Crippen molar-refractivity contribution < 1.29 is 14.3 Å². The Morgan fingerprint density at radius 2 is 1.79 bits per heavy atom. The first-order chi connectivity index (χ1) is 16.5. The highest BCUT2D eigenvalue weighted by molar-refractivity contribution is 5.96. The van der Waals surface area contributed by atoms with Gasteiger partial charge in [-0.2, -0.15) is 0 Å². The maximum absolute atomic E-state index is 12.5. The maximum Gasteiger partial charge on any atom is 0.328 e. The average molecular weight is 458 g/mol. The van der Waals surface area contributed by atoms with Gasteiger partial charge in [0.15, 0.2) is 5.82 Å². The quantitative estimate of drug-likeness (QED) is 0.272. The number of esters is 1. The number of hydrogen-bond acceptors (Lipinski definition) is 6. The Hall–Kier alpha value is -4.20. The lowest BCUT2D eigenvalue weighted by atomic mass is 10.0. The van der Waals surface area contributed by atoms with E-state index in [1.54, 1.807) is 6.08 Å². The highest BCUT2D eigenvalue weighted by Gasteiger charge is 2.24. The molecule has 0 saturated heterocycles. The van der Waals surface area contributed by atoms with Crippen molar-refractivity contribution in [3.8, 4) is 0 Å². The number of aromatic nitrogens is 3. The van der Waals surface area contributed by atoms with Crippen LogP contribution in [-0.4, -0.2) is 40.0 Å². The molecule has 2 aromatic heterocycles. The Balaban J connectivity index is 1.51. The van der Waals surface area contributed by atoms with Crippen LogP contribution in [0.5, 0.6) is 0 Å². The van der Waals surface area contributed by atoms with Crippen LogP contribution >= 0.6 is 0 Å². The summed E-state index contributed by atoms with van der Waals surface area (Å²) in [4.78, 5) is 37.0. The summed E-state index contributed by atoms with van der Waals surface area (Å²) in [6, 6.07) is 14.9. The fourth-order valence-corrected chi connectivity index (χ4v) is 3.71. The van der Waals surface area contributed by atoms with E-state index in [-0.39, 0.29) is 24.3 Å². The number of rotatable bonds is 8. The van der Waals surface area contributed by atoms with Crippen molar-refractivity contribution in [3.05, 3.63) is 72.2 Å². The molecule has 2 aromatic carbocycles. The summed E-state index contributed by atoms with van der Waals surface area (Å²) in [7, 11) is 1.36. The zero-order valence-electron chi connectivity index (χ0n) is 19.3. The summed E-state index contributed by atoms with van der Waals surface area (Å²) in [5, 5.41) is 7.87. The van der Waals surface area contributed by atoms with Crippen LogP contribution in [0.15, 0.2) is 60.8 Å². The van der Waals surface area contributed by atoms with Crippen LogP contribution in [0, 0.1) is 5.92 Å². The smallest absolute Gasteiger partial charge is 0.328 e. The number of hydrogen-bond donors (Lipinski definition) is 3. The zero-order chi connectivity index (χ0) is 24.1. The number of carbonyl (C=O) groups is 2. The Bertz CT molecular complexity index is 1360. The molecule has 34 heavy (non-hydrogen) atoms. The maximum atomic E-state index is 12.5. The number of anilines is 1. The van der Waals surface area contributed by atoms with E-state index in [2.05, 4.69) is 25.6 Å². The van der Waals surface area contributed by atoms with Gasteiger partial charge in [-0.25, -0.2) is 14.8 Å². The standard InChI is InChI=1S/C26H27N5O3/c1-16(2)24(26(33)34-3)31-25-19-9-5-7-11-21(19)29-22(30-25)15-28-23(32)13-12-17-14-27-20-10-6-4-8-18(17)20/h4-14,16,24,27H,15H2,1-3H3,(H,28,32)(H,29,30,31)/t24-/m0/s1. The monoisotopic (exact) mass is 457 g/mol. The molecule has 0 aliphatic rings. The van der Waals surface area contributed by atoms with Gasteiger partial charge in [0.05, 0.1) is 19.2 Å². The third-order valence-corrected chi connectivity index (χ3v) is 5.52. The highest BCUT2D eigenvalue weighted by atomic mass is 16.5. The summed E-state index contributed by atoms with van der Waals surface area (Å²) in [5.74, 6) is 0.316. The predicted octanol–water partition coefficient (Wildman–Crippen LogP) is 4.05. The summed E-state index contributed by atoms with van der Waals surface area (Å²) in [5.41, 5.74) is 2.66. The molecular weight excluding hydrogens is 430 g/mol. The van der Waals surface area contributed by atoms with Crippen molar-refractivity contribution in [2.24, 2.45) is 5.92 Å². The molecule has 0 unspecified atom stereocenters. The van der Waals surface area contributed by atoms with Gasteiger partial charge in [-0.15, -0.1) is 0 Å². The third-order valence-electron chi connectivity index (χ3n) is 5.52. The normalized spacial score (nSPS) is 12.4. The molecule has 0 radical (unpaired) electrons. The lowest BCUT2D eigenvalue weighted by Gasteiger charge is -2.21. The summed E-state index contributed by atoms with van der Waals surface area (Å²) in [6.45, 7) is 4.00. The molecule has 0 saturated carbocycles. The minimum Gasteiger partial charge on any atom is -0.467 e. The minimum absolute atomic E-state index is 0.0148. The molecule has 0 bridgehead atoms. The molecule has 0 spiro atoms. The SMILES string of the molecule is COC(=O)[C@@H](Nc1nc(CNC(=O)C=Cc2c[nH]c3ccccc23)nc2ccccc12)C(C)C. The van der Waals surface area contributed by atoms with Gasteiger partial charge >= 0.3 is 5.97 Å². The number of para-hydroxylation sites is 2. The molecule has 4 aromatic rings. The molecule has 0 aliphatic carbocycles. The van der Waals surface area contributed by atoms with Crippen molar-refractivity contribution in [2.45, 2.75) is 26.4 Å². The fourth-order valence-electron chi connectivity index (χ4n) is 3.71. The third kappa shape index (κ3) is 5.06. The fraction of sp³-hybridized carbons (Fsp3) is 0.231. The Morgan fingerprint density at radius 1 is 1.06 bits per heavy atom. The second-order valence-electron chi connectivity index (χ2n) is 8.24. The topological polar surface area (TPSA) is 109 Å². The molecule has 4 rings (SSSR count). The number of ether oxygens (including phenoxy) is 1. The molecule has 0 fully saturated rings. The van der Waals surface area contributed by atoms with Gasteiger partial charge in [-0.1, -0.05) is 44.2 Å². The van der Waals surface area contributed by atoms with E-state index in [1.165, 1.54) is 13.2 Å². The first-order valence-electron chi connectivity index (χ1n) is 11.1. The summed E-state index contributed by atoms with van der Waals surface area (Å²) < 4.78 is 4.94. The predicted molar refractivity (Wildman–Crippen MR) is 133 cm³/mol. The van der Waals surface area contributed by atoms with Crippen LogP contribution in [0.2, 0.25) is 0 Å². The van der Waals surface area contributed by atoms with Crippen LogP contribution in [0.25, 0.3) is 27.9 Å². The molecule has 2 heterocycles. The lowest BCUT2D eigenvalue weighted by molar-refractivity contribution is -0.142. The first kappa shape index (κ1) is 23.0. The van der Waals surface area contributed by atoms with Crippen molar-refractivity contribution in [3.63, 3.8) is 0 Å². The Morgan fingerprint density at radius 3 is 2.56 bits per heavy atom. The average Bonchev–Trinajstić information content (AvgIpc) is 3.27. The number of benzene rings is 2. The number of aromatic amines is 1. The largest absolute Gasteiger partial charge is 0.467 e. The van der Waals surface area contributed by atoms with Crippen LogP contribution in [0.3, 0.4) is 0 Å². The van der Waals surface area contributed by atoms with Crippen LogP contribution < -0.4 is 10.6 Å². The van der Waals surface area contributed by atoms with Gasteiger partial charge in [0, 0.05) is 28.6 Å². The number of methoxy groups -OCH3 is 1. The molecule has 8 nitrogen and oxygen atoms in total. The highest BCUT2D eigenvalue weighted by Crippen LogP contribution is 2.23. The van der Waals surface area contributed by atoms with E-state index in [9.17, 15) is 9.59 Å². The zero-order valence-corrected chi connectivity index (χ0v) is 19.3. The number of nitrogens with one attached hydrogen (secondary N) is 3. The number of amides is 1. The van der Waals surface area contributed by atoms with Crippen molar-refractivity contribution >= 4 is 45.6 Å². The second kappa shape index (κ2) is 10.2. The molecular formula is C26H27N5O3. The van der Waals surface area contributed by atoms with Gasteiger partial charge < -0.3 is 20.4 Å². The molecule has 0 aliphatic heterocycles.